The van der Waals surface area contributed by atoms with Crippen LogP contribution in [-0.4, -0.2) is 47.4 Å². The van der Waals surface area contributed by atoms with Crippen LogP contribution < -0.4 is 5.32 Å². The number of carboxylic acid groups (broad SMARTS) is 1. The van der Waals surface area contributed by atoms with Crippen LogP contribution in [0.1, 0.15) is 31.1 Å². The first-order valence-electron chi connectivity index (χ1n) is 7.68. The maximum Gasteiger partial charge on any atom is 0.308 e. The number of likely N-dealkylation sites (N-methyl/N-ethyl adjacent to an activating group) is 1. The smallest absolute Gasteiger partial charge is 0.308 e. The van der Waals surface area contributed by atoms with E-state index in [4.69, 9.17) is 16.7 Å². The summed E-state index contributed by atoms with van der Waals surface area (Å²) in [5, 5.41) is 12.0. The van der Waals surface area contributed by atoms with E-state index >= 15 is 0 Å². The first-order valence-corrected chi connectivity index (χ1v) is 8.06. The van der Waals surface area contributed by atoms with E-state index in [0.717, 1.165) is 0 Å². The van der Waals surface area contributed by atoms with Crippen LogP contribution >= 0.6 is 11.6 Å². The average molecular weight is 355 g/mol. The summed E-state index contributed by atoms with van der Waals surface area (Å²) in [5.74, 6) is -2.60. The number of carbonyl (C=O) groups is 3. The number of hydrogen-bond donors (Lipinski definition) is 2. The van der Waals surface area contributed by atoms with Crippen molar-refractivity contribution in [1.29, 1.82) is 0 Å². The van der Waals surface area contributed by atoms with Crippen LogP contribution in [0.25, 0.3) is 0 Å². The molecule has 2 atom stereocenters. The molecule has 2 N–H and O–H groups in total. The van der Waals surface area contributed by atoms with Gasteiger partial charge in [-0.3, -0.25) is 14.4 Å². The monoisotopic (exact) mass is 354 g/mol. The maximum atomic E-state index is 12.6. The summed E-state index contributed by atoms with van der Waals surface area (Å²) in [6.45, 7) is 5.21. The van der Waals surface area contributed by atoms with E-state index in [2.05, 4.69) is 5.32 Å². The number of halogens is 1. The van der Waals surface area contributed by atoms with E-state index in [1.54, 1.807) is 24.3 Å². The summed E-state index contributed by atoms with van der Waals surface area (Å²) in [5.41, 5.74) is 0.291. The molecule has 1 aromatic carbocycles. The van der Waals surface area contributed by atoms with Crippen LogP contribution in [0.5, 0.6) is 0 Å². The standard InChI is InChI=1S/C17H23ClN2O4/c1-10(2)14(16(22)20(4)9-11(3)17(23)24)19-15(21)12-7-5-6-8-13(12)18/h5-8,10-11,14H,9H2,1-4H3,(H,19,21)(H,23,24). The van der Waals surface area contributed by atoms with Gasteiger partial charge in [0.1, 0.15) is 6.04 Å². The Morgan fingerprint density at radius 1 is 1.21 bits per heavy atom. The number of benzene rings is 1. The van der Waals surface area contributed by atoms with Crippen molar-refractivity contribution in [2.75, 3.05) is 13.6 Å². The maximum absolute atomic E-state index is 12.6. The second kappa shape index (κ2) is 8.68. The fourth-order valence-corrected chi connectivity index (χ4v) is 2.42. The molecule has 0 aliphatic heterocycles. The van der Waals surface area contributed by atoms with Gasteiger partial charge in [0.05, 0.1) is 16.5 Å². The van der Waals surface area contributed by atoms with E-state index in [1.807, 2.05) is 13.8 Å². The summed E-state index contributed by atoms with van der Waals surface area (Å²) in [7, 11) is 1.53. The minimum absolute atomic E-state index is 0.0688. The van der Waals surface area contributed by atoms with Crippen molar-refractivity contribution in [3.63, 3.8) is 0 Å². The number of carbonyl (C=O) groups excluding carboxylic acids is 2. The van der Waals surface area contributed by atoms with Crippen LogP contribution in [0.2, 0.25) is 5.02 Å². The minimum atomic E-state index is -0.976. The van der Waals surface area contributed by atoms with Gasteiger partial charge in [-0.15, -0.1) is 0 Å². The van der Waals surface area contributed by atoms with Crippen molar-refractivity contribution in [3.8, 4) is 0 Å². The Balaban J connectivity index is 2.87. The molecule has 0 aliphatic carbocycles. The quantitative estimate of drug-likeness (QED) is 0.786. The molecule has 0 spiro atoms. The lowest BCUT2D eigenvalue weighted by atomic mass is 10.0. The van der Waals surface area contributed by atoms with Gasteiger partial charge in [-0.2, -0.15) is 0 Å². The Hall–Kier alpha value is -2.08. The Morgan fingerprint density at radius 2 is 1.79 bits per heavy atom. The second-order valence-corrected chi connectivity index (χ2v) is 6.54. The van der Waals surface area contributed by atoms with Gasteiger partial charge < -0.3 is 15.3 Å². The molecule has 1 rings (SSSR count). The topological polar surface area (TPSA) is 86.7 Å². The van der Waals surface area contributed by atoms with E-state index in [0.29, 0.717) is 10.6 Å². The van der Waals surface area contributed by atoms with Crippen molar-refractivity contribution in [1.82, 2.24) is 10.2 Å². The fraction of sp³-hybridized carbons (Fsp3) is 0.471. The molecule has 0 saturated heterocycles. The van der Waals surface area contributed by atoms with Crippen molar-refractivity contribution in [2.24, 2.45) is 11.8 Å². The lowest BCUT2D eigenvalue weighted by molar-refractivity contribution is -0.143. The summed E-state index contributed by atoms with van der Waals surface area (Å²) >= 11 is 6.01. The fourth-order valence-electron chi connectivity index (χ4n) is 2.19. The van der Waals surface area contributed by atoms with Crippen LogP contribution in [0.3, 0.4) is 0 Å². The molecule has 0 fully saturated rings. The molecule has 0 saturated carbocycles. The number of amides is 2. The van der Waals surface area contributed by atoms with Crippen molar-refractivity contribution in [2.45, 2.75) is 26.8 Å². The minimum Gasteiger partial charge on any atom is -0.481 e. The van der Waals surface area contributed by atoms with Gasteiger partial charge in [-0.1, -0.05) is 44.5 Å². The highest BCUT2D eigenvalue weighted by Crippen LogP contribution is 2.16. The third-order valence-electron chi connectivity index (χ3n) is 3.68. The zero-order valence-corrected chi connectivity index (χ0v) is 15.0. The predicted octanol–water partition coefficient (Wildman–Crippen LogP) is 2.27. The summed E-state index contributed by atoms with van der Waals surface area (Å²) in [6.07, 6.45) is 0. The molecule has 2 amide bonds. The predicted molar refractivity (Wildman–Crippen MR) is 92.0 cm³/mol. The number of rotatable bonds is 7. The van der Waals surface area contributed by atoms with Crippen LogP contribution in [0.15, 0.2) is 24.3 Å². The summed E-state index contributed by atoms with van der Waals surface area (Å²) in [4.78, 5) is 37.2. The Bertz CT molecular complexity index is 618. The van der Waals surface area contributed by atoms with Crippen molar-refractivity contribution < 1.29 is 19.5 Å². The summed E-state index contributed by atoms with van der Waals surface area (Å²) in [6, 6.07) is 5.82. The highest BCUT2D eigenvalue weighted by molar-refractivity contribution is 6.33. The van der Waals surface area contributed by atoms with E-state index in [9.17, 15) is 14.4 Å². The third-order valence-corrected chi connectivity index (χ3v) is 4.01. The molecule has 0 aromatic heterocycles. The van der Waals surface area contributed by atoms with E-state index in [1.165, 1.54) is 18.9 Å². The second-order valence-electron chi connectivity index (χ2n) is 6.13. The molecule has 2 unspecified atom stereocenters. The first kappa shape index (κ1) is 20.0. The van der Waals surface area contributed by atoms with Crippen LogP contribution in [0.4, 0.5) is 0 Å². The van der Waals surface area contributed by atoms with Gasteiger partial charge in [0.2, 0.25) is 5.91 Å². The third kappa shape index (κ3) is 5.23. The average Bonchev–Trinajstić information content (AvgIpc) is 2.51. The van der Waals surface area contributed by atoms with Gasteiger partial charge in [-0.05, 0) is 18.1 Å². The Morgan fingerprint density at radius 3 is 2.29 bits per heavy atom. The largest absolute Gasteiger partial charge is 0.481 e. The number of hydrogen-bond acceptors (Lipinski definition) is 3. The Labute approximate surface area is 146 Å². The van der Waals surface area contributed by atoms with Crippen molar-refractivity contribution in [3.05, 3.63) is 34.9 Å². The zero-order valence-electron chi connectivity index (χ0n) is 14.2. The molecule has 7 heteroatoms. The normalized spacial score (nSPS) is 13.2. The first-order chi connectivity index (χ1) is 11.1. The molecule has 0 aliphatic rings. The van der Waals surface area contributed by atoms with E-state index in [-0.39, 0.29) is 18.4 Å². The van der Waals surface area contributed by atoms with Gasteiger partial charge in [0.15, 0.2) is 0 Å². The molecule has 1 aromatic rings. The van der Waals surface area contributed by atoms with Gasteiger partial charge in [0, 0.05) is 13.6 Å². The molecule has 132 valence electrons. The zero-order chi connectivity index (χ0) is 18.4. The molecular weight excluding hydrogens is 332 g/mol. The molecule has 24 heavy (non-hydrogen) atoms. The van der Waals surface area contributed by atoms with Crippen molar-refractivity contribution >= 4 is 29.4 Å². The highest BCUT2D eigenvalue weighted by Gasteiger charge is 2.29. The number of carboxylic acids is 1. The van der Waals surface area contributed by atoms with Crippen LogP contribution in [-0.2, 0) is 9.59 Å². The lowest BCUT2D eigenvalue weighted by Gasteiger charge is -2.28. The van der Waals surface area contributed by atoms with Gasteiger partial charge >= 0.3 is 5.97 Å². The molecule has 0 radical (unpaired) electrons. The SMILES string of the molecule is CC(CN(C)C(=O)C(NC(=O)c1ccccc1Cl)C(C)C)C(=O)O. The summed E-state index contributed by atoms with van der Waals surface area (Å²) < 4.78 is 0. The van der Waals surface area contributed by atoms with E-state index < -0.39 is 23.8 Å². The highest BCUT2D eigenvalue weighted by atomic mass is 35.5. The van der Waals surface area contributed by atoms with Crippen LogP contribution in [0, 0.1) is 11.8 Å². The lowest BCUT2D eigenvalue weighted by Crippen LogP contribution is -2.51. The molecular formula is C17H23ClN2O4. The van der Waals surface area contributed by atoms with Gasteiger partial charge in [0.25, 0.3) is 5.91 Å². The number of nitrogens with zero attached hydrogens (tertiary/aromatic N) is 1. The van der Waals surface area contributed by atoms with Gasteiger partial charge in [-0.25, -0.2) is 0 Å². The molecule has 6 nitrogen and oxygen atoms in total. The number of nitrogens with one attached hydrogen (secondary N) is 1. The molecule has 0 heterocycles. The Kier molecular flexibility index (Phi) is 7.22. The number of aliphatic carboxylic acids is 1. The molecule has 0 bridgehead atoms.